The van der Waals surface area contributed by atoms with Gasteiger partial charge in [-0.15, -0.1) is 11.3 Å². The van der Waals surface area contributed by atoms with E-state index in [1.54, 1.807) is 11.3 Å². The third-order valence-electron chi connectivity index (χ3n) is 3.49. The molecular formula is C15H23N3OS. The molecule has 0 aliphatic rings. The highest BCUT2D eigenvalue weighted by atomic mass is 32.1. The number of hydrogen-bond acceptors (Lipinski definition) is 5. The van der Waals surface area contributed by atoms with Crippen molar-refractivity contribution in [3.63, 3.8) is 0 Å². The number of thiophene rings is 1. The maximum atomic E-state index is 5.83. The smallest absolute Gasteiger partial charge is 0.161 e. The molecule has 0 saturated carbocycles. The Morgan fingerprint density at radius 2 is 1.95 bits per heavy atom. The fourth-order valence-electron chi connectivity index (χ4n) is 2.32. The number of aryl methyl sites for hydroxylation is 2. The van der Waals surface area contributed by atoms with Crippen LogP contribution in [0, 0.1) is 19.8 Å². The van der Waals surface area contributed by atoms with E-state index in [1.807, 2.05) is 14.0 Å². The van der Waals surface area contributed by atoms with Gasteiger partial charge in [0, 0.05) is 18.5 Å². The number of nitrogens with zero attached hydrogens (tertiary/aromatic N) is 2. The lowest BCUT2D eigenvalue weighted by Crippen LogP contribution is -2.15. The third kappa shape index (κ3) is 2.65. The highest BCUT2D eigenvalue weighted by Crippen LogP contribution is 2.35. The molecule has 1 unspecified atom stereocenters. The Bertz CT molecular complexity index is 607. The molecule has 0 fully saturated rings. The van der Waals surface area contributed by atoms with Crippen LogP contribution in [-0.4, -0.2) is 23.6 Å². The van der Waals surface area contributed by atoms with Gasteiger partial charge in [-0.2, -0.15) is 0 Å². The molecule has 0 radical (unpaired) electrons. The van der Waals surface area contributed by atoms with Crippen molar-refractivity contribution in [1.82, 2.24) is 9.97 Å². The van der Waals surface area contributed by atoms with Crippen LogP contribution in [-0.2, 0) is 4.74 Å². The Morgan fingerprint density at radius 3 is 2.50 bits per heavy atom. The van der Waals surface area contributed by atoms with Gasteiger partial charge in [-0.05, 0) is 32.3 Å². The normalized spacial score (nSPS) is 13.2. The van der Waals surface area contributed by atoms with Crippen LogP contribution in [0.4, 0.5) is 5.82 Å². The number of ether oxygens (including phenoxy) is 1. The number of nitrogens with one attached hydrogen (secondary N) is 1. The Hall–Kier alpha value is -1.20. The Kier molecular flexibility index (Phi) is 4.60. The minimum Gasteiger partial charge on any atom is -0.372 e. The number of hydrogen-bond donors (Lipinski definition) is 1. The van der Waals surface area contributed by atoms with E-state index in [9.17, 15) is 0 Å². The average molecular weight is 293 g/mol. The summed E-state index contributed by atoms with van der Waals surface area (Å²) >= 11 is 1.72. The van der Waals surface area contributed by atoms with Crippen LogP contribution in [0.15, 0.2) is 0 Å². The number of rotatable bonds is 5. The minimum atomic E-state index is -0.0563. The third-order valence-corrected chi connectivity index (χ3v) is 4.59. The molecule has 4 nitrogen and oxygen atoms in total. The first-order valence-corrected chi connectivity index (χ1v) is 7.88. The van der Waals surface area contributed by atoms with Gasteiger partial charge in [0.15, 0.2) is 5.82 Å². The van der Waals surface area contributed by atoms with Crippen LogP contribution < -0.4 is 5.32 Å². The summed E-state index contributed by atoms with van der Waals surface area (Å²) in [4.78, 5) is 11.8. The molecule has 0 spiro atoms. The van der Waals surface area contributed by atoms with Crippen LogP contribution in [0.2, 0.25) is 0 Å². The lowest BCUT2D eigenvalue weighted by Gasteiger charge is -2.20. The monoisotopic (exact) mass is 293 g/mol. The standard InChI is InChI=1S/C15H23N3OS/c1-7-19-12(8(2)3)14-17-13(16-6)11-9(4)10(5)20-15(11)18-14/h8,12H,7H2,1-6H3,(H,16,17,18). The molecule has 0 bridgehead atoms. The van der Waals surface area contributed by atoms with Gasteiger partial charge in [-0.1, -0.05) is 13.8 Å². The first kappa shape index (κ1) is 15.2. The topological polar surface area (TPSA) is 47.0 Å². The average Bonchev–Trinajstić information content (AvgIpc) is 2.70. The van der Waals surface area contributed by atoms with Gasteiger partial charge in [0.1, 0.15) is 16.8 Å². The second-order valence-electron chi connectivity index (χ2n) is 5.26. The molecule has 2 heterocycles. The van der Waals surface area contributed by atoms with Crippen LogP contribution in [0.3, 0.4) is 0 Å². The van der Waals surface area contributed by atoms with E-state index in [0.29, 0.717) is 12.5 Å². The molecule has 0 saturated heterocycles. The summed E-state index contributed by atoms with van der Waals surface area (Å²) in [5, 5.41) is 4.34. The molecule has 0 aliphatic carbocycles. The predicted molar refractivity (Wildman–Crippen MR) is 85.6 cm³/mol. The summed E-state index contributed by atoms with van der Waals surface area (Å²) in [6.45, 7) is 11.2. The van der Waals surface area contributed by atoms with Crippen LogP contribution in [0.5, 0.6) is 0 Å². The summed E-state index contributed by atoms with van der Waals surface area (Å²) in [5.74, 6) is 2.02. The number of fused-ring (bicyclic) bond motifs is 1. The first-order valence-electron chi connectivity index (χ1n) is 7.06. The van der Waals surface area contributed by atoms with Crippen molar-refractivity contribution in [2.75, 3.05) is 19.0 Å². The SMILES string of the molecule is CCOC(c1nc(NC)c2c(C)c(C)sc2n1)C(C)C. The fraction of sp³-hybridized carbons (Fsp3) is 0.600. The highest BCUT2D eigenvalue weighted by Gasteiger charge is 2.22. The first-order chi connectivity index (χ1) is 9.49. The van der Waals surface area contributed by atoms with Crippen LogP contribution in [0.1, 0.15) is 43.1 Å². The molecule has 2 rings (SSSR count). The quantitative estimate of drug-likeness (QED) is 0.902. The zero-order valence-electron chi connectivity index (χ0n) is 13.1. The molecule has 1 N–H and O–H groups in total. The van der Waals surface area contributed by atoms with Gasteiger partial charge in [0.25, 0.3) is 0 Å². The minimum absolute atomic E-state index is 0.0563. The van der Waals surface area contributed by atoms with Crippen molar-refractivity contribution in [2.24, 2.45) is 5.92 Å². The van der Waals surface area contributed by atoms with Crippen LogP contribution >= 0.6 is 11.3 Å². The van der Waals surface area contributed by atoms with Gasteiger partial charge in [-0.25, -0.2) is 9.97 Å². The molecule has 20 heavy (non-hydrogen) atoms. The second-order valence-corrected chi connectivity index (χ2v) is 6.47. The highest BCUT2D eigenvalue weighted by molar-refractivity contribution is 7.18. The lowest BCUT2D eigenvalue weighted by atomic mass is 10.1. The van der Waals surface area contributed by atoms with E-state index in [4.69, 9.17) is 14.7 Å². The lowest BCUT2D eigenvalue weighted by molar-refractivity contribution is 0.0236. The summed E-state index contributed by atoms with van der Waals surface area (Å²) < 4.78 is 5.83. The van der Waals surface area contributed by atoms with Gasteiger partial charge < -0.3 is 10.1 Å². The predicted octanol–water partition coefficient (Wildman–Crippen LogP) is 4.08. The summed E-state index contributed by atoms with van der Waals surface area (Å²) in [7, 11) is 1.91. The van der Waals surface area contributed by atoms with Crippen molar-refractivity contribution in [2.45, 2.75) is 40.7 Å². The summed E-state index contributed by atoms with van der Waals surface area (Å²) in [6, 6.07) is 0. The van der Waals surface area contributed by atoms with Crippen molar-refractivity contribution >= 4 is 27.4 Å². The van der Waals surface area contributed by atoms with E-state index < -0.39 is 0 Å². The maximum absolute atomic E-state index is 5.83. The molecule has 0 aromatic carbocycles. The molecule has 110 valence electrons. The summed E-state index contributed by atoms with van der Waals surface area (Å²) in [6.07, 6.45) is -0.0563. The zero-order chi connectivity index (χ0) is 14.9. The van der Waals surface area contributed by atoms with Gasteiger partial charge >= 0.3 is 0 Å². The molecule has 0 amide bonds. The van der Waals surface area contributed by atoms with Crippen molar-refractivity contribution in [3.8, 4) is 0 Å². The molecule has 2 aromatic heterocycles. The summed E-state index contributed by atoms with van der Waals surface area (Å²) in [5.41, 5.74) is 1.26. The van der Waals surface area contributed by atoms with E-state index >= 15 is 0 Å². The van der Waals surface area contributed by atoms with Gasteiger partial charge in [0.05, 0.1) is 5.39 Å². The fourth-order valence-corrected chi connectivity index (χ4v) is 3.36. The van der Waals surface area contributed by atoms with Crippen molar-refractivity contribution in [1.29, 1.82) is 0 Å². The van der Waals surface area contributed by atoms with E-state index in [-0.39, 0.29) is 6.10 Å². The van der Waals surface area contributed by atoms with Crippen molar-refractivity contribution < 1.29 is 4.74 Å². The second kappa shape index (κ2) is 6.06. The van der Waals surface area contributed by atoms with Crippen LogP contribution in [0.25, 0.3) is 10.2 Å². The number of anilines is 1. The molecular weight excluding hydrogens is 270 g/mol. The maximum Gasteiger partial charge on any atom is 0.161 e. The number of aromatic nitrogens is 2. The van der Waals surface area contributed by atoms with Gasteiger partial charge in [0.2, 0.25) is 0 Å². The van der Waals surface area contributed by atoms with E-state index in [0.717, 1.165) is 21.9 Å². The van der Waals surface area contributed by atoms with Gasteiger partial charge in [-0.3, -0.25) is 0 Å². The Morgan fingerprint density at radius 1 is 1.25 bits per heavy atom. The van der Waals surface area contributed by atoms with E-state index in [2.05, 4.69) is 33.0 Å². The molecule has 1 atom stereocenters. The molecule has 0 aliphatic heterocycles. The molecule has 2 aromatic rings. The Labute approximate surface area is 124 Å². The van der Waals surface area contributed by atoms with Crippen molar-refractivity contribution in [3.05, 3.63) is 16.3 Å². The zero-order valence-corrected chi connectivity index (χ0v) is 13.9. The Balaban J connectivity index is 2.61. The molecule has 5 heteroatoms. The largest absolute Gasteiger partial charge is 0.372 e. The van der Waals surface area contributed by atoms with E-state index in [1.165, 1.54) is 10.4 Å².